The third-order valence-electron chi connectivity index (χ3n) is 5.27. The predicted octanol–water partition coefficient (Wildman–Crippen LogP) is 3.67. The average molecular weight is 424 g/mol. The highest BCUT2D eigenvalue weighted by molar-refractivity contribution is 5.80. The molecule has 1 unspecified atom stereocenters. The van der Waals surface area contributed by atoms with Gasteiger partial charge in [0.2, 0.25) is 5.91 Å². The number of carboxylic acid groups (broad SMARTS) is 1. The molecule has 164 valence electrons. The highest BCUT2D eigenvalue weighted by Crippen LogP contribution is 2.44. The number of hydrogen-bond acceptors (Lipinski definition) is 4. The lowest BCUT2D eigenvalue weighted by Gasteiger charge is -2.25. The van der Waals surface area contributed by atoms with Crippen molar-refractivity contribution in [3.8, 4) is 11.1 Å². The molecule has 2 aromatic carbocycles. The van der Waals surface area contributed by atoms with E-state index in [2.05, 4.69) is 22.8 Å². The van der Waals surface area contributed by atoms with Gasteiger partial charge in [0.15, 0.2) is 0 Å². The monoisotopic (exact) mass is 424 g/mol. The van der Waals surface area contributed by atoms with Crippen LogP contribution in [0.25, 0.3) is 11.1 Å². The van der Waals surface area contributed by atoms with Crippen molar-refractivity contribution in [1.29, 1.82) is 0 Å². The highest BCUT2D eigenvalue weighted by atomic mass is 16.5. The lowest BCUT2D eigenvalue weighted by Crippen LogP contribution is -2.47. The summed E-state index contributed by atoms with van der Waals surface area (Å²) in [5.74, 6) is -1.36. The molecule has 1 atom stereocenters. The number of aliphatic carboxylic acids is 1. The molecule has 0 saturated heterocycles. The van der Waals surface area contributed by atoms with Crippen LogP contribution >= 0.6 is 0 Å². The van der Waals surface area contributed by atoms with E-state index in [4.69, 9.17) is 9.84 Å². The summed E-state index contributed by atoms with van der Waals surface area (Å²) < 4.78 is 5.49. The smallest absolute Gasteiger partial charge is 0.407 e. The number of carbonyl (C=O) groups is 3. The molecule has 0 heterocycles. The summed E-state index contributed by atoms with van der Waals surface area (Å²) in [6.45, 7) is 5.18. The van der Waals surface area contributed by atoms with E-state index in [1.165, 1.54) is 0 Å². The van der Waals surface area contributed by atoms with Gasteiger partial charge in [-0.25, -0.2) is 4.79 Å². The van der Waals surface area contributed by atoms with Gasteiger partial charge in [0, 0.05) is 23.9 Å². The first-order valence-corrected chi connectivity index (χ1v) is 10.3. The molecular weight excluding hydrogens is 396 g/mol. The van der Waals surface area contributed by atoms with E-state index < -0.39 is 23.6 Å². The molecule has 0 aliphatic heterocycles. The Bertz CT molecular complexity index is 940. The minimum Gasteiger partial charge on any atom is -0.481 e. The first kappa shape index (κ1) is 22.3. The fourth-order valence-electron chi connectivity index (χ4n) is 4.02. The molecule has 7 nitrogen and oxygen atoms in total. The summed E-state index contributed by atoms with van der Waals surface area (Å²) in [5, 5.41) is 14.3. The number of nitrogens with one attached hydrogen (secondary N) is 2. The lowest BCUT2D eigenvalue weighted by molar-refractivity contribution is -0.138. The van der Waals surface area contributed by atoms with Gasteiger partial charge in [-0.15, -0.1) is 0 Å². The number of carbonyl (C=O) groups excluding carboxylic acids is 2. The number of hydrogen-bond donors (Lipinski definition) is 3. The van der Waals surface area contributed by atoms with Crippen LogP contribution in [-0.2, 0) is 14.3 Å². The van der Waals surface area contributed by atoms with Crippen molar-refractivity contribution in [3.05, 3.63) is 59.7 Å². The van der Waals surface area contributed by atoms with Gasteiger partial charge < -0.3 is 20.5 Å². The Morgan fingerprint density at radius 1 is 1.03 bits per heavy atom. The molecule has 2 amide bonds. The zero-order valence-electron chi connectivity index (χ0n) is 18.0. The molecule has 0 radical (unpaired) electrons. The maximum atomic E-state index is 12.3. The Morgan fingerprint density at radius 3 is 2.13 bits per heavy atom. The second kappa shape index (κ2) is 9.20. The van der Waals surface area contributed by atoms with E-state index in [-0.39, 0.29) is 31.3 Å². The van der Waals surface area contributed by atoms with Crippen molar-refractivity contribution in [1.82, 2.24) is 10.6 Å². The standard InChI is InChI=1S/C24H28N2O5/c1-15(12-21(27)26-24(2,3)13-22(28)29)25-23(30)31-14-20-18-10-6-4-8-16(18)17-9-5-7-11-19(17)20/h4-11,15,20H,12-14H2,1-3H3,(H,25,30)(H,26,27)(H,28,29). The molecule has 1 aliphatic carbocycles. The van der Waals surface area contributed by atoms with Gasteiger partial charge in [-0.05, 0) is 43.0 Å². The number of carboxylic acids is 1. The van der Waals surface area contributed by atoms with E-state index in [1.54, 1.807) is 20.8 Å². The molecule has 31 heavy (non-hydrogen) atoms. The fraction of sp³-hybridized carbons (Fsp3) is 0.375. The number of rotatable bonds is 8. The van der Waals surface area contributed by atoms with Gasteiger partial charge in [-0.1, -0.05) is 48.5 Å². The number of ether oxygens (including phenoxy) is 1. The van der Waals surface area contributed by atoms with Crippen LogP contribution in [0.3, 0.4) is 0 Å². The molecule has 0 saturated carbocycles. The Balaban J connectivity index is 1.53. The Hall–Kier alpha value is -3.35. The number of fused-ring (bicyclic) bond motifs is 3. The average Bonchev–Trinajstić information content (AvgIpc) is 2.98. The first-order chi connectivity index (χ1) is 14.7. The Morgan fingerprint density at radius 2 is 1.58 bits per heavy atom. The van der Waals surface area contributed by atoms with Crippen LogP contribution in [0.2, 0.25) is 0 Å². The summed E-state index contributed by atoms with van der Waals surface area (Å²) in [7, 11) is 0. The quantitative estimate of drug-likeness (QED) is 0.600. The second-order valence-corrected chi connectivity index (χ2v) is 8.58. The molecule has 0 aromatic heterocycles. The molecule has 2 aromatic rings. The van der Waals surface area contributed by atoms with Gasteiger partial charge in [0.25, 0.3) is 0 Å². The zero-order chi connectivity index (χ0) is 22.6. The van der Waals surface area contributed by atoms with Crippen LogP contribution in [0.4, 0.5) is 4.79 Å². The van der Waals surface area contributed by atoms with Gasteiger partial charge in [-0.3, -0.25) is 9.59 Å². The highest BCUT2D eigenvalue weighted by Gasteiger charge is 2.29. The normalized spacial score (nSPS) is 13.6. The van der Waals surface area contributed by atoms with Crippen molar-refractivity contribution in [2.45, 2.75) is 51.1 Å². The molecule has 1 aliphatic rings. The maximum absolute atomic E-state index is 12.3. The summed E-state index contributed by atoms with van der Waals surface area (Å²) in [6.07, 6.45) is -0.757. The predicted molar refractivity (Wildman–Crippen MR) is 117 cm³/mol. The topological polar surface area (TPSA) is 105 Å². The third-order valence-corrected chi connectivity index (χ3v) is 5.27. The van der Waals surface area contributed by atoms with E-state index in [9.17, 15) is 14.4 Å². The summed E-state index contributed by atoms with van der Waals surface area (Å²) >= 11 is 0. The molecule has 3 rings (SSSR count). The van der Waals surface area contributed by atoms with Crippen molar-refractivity contribution in [2.75, 3.05) is 6.61 Å². The van der Waals surface area contributed by atoms with E-state index >= 15 is 0 Å². The van der Waals surface area contributed by atoms with E-state index in [0.29, 0.717) is 0 Å². The van der Waals surface area contributed by atoms with Crippen molar-refractivity contribution >= 4 is 18.0 Å². The summed E-state index contributed by atoms with van der Waals surface area (Å²) in [6, 6.07) is 15.7. The van der Waals surface area contributed by atoms with Crippen LogP contribution in [0.1, 0.15) is 50.7 Å². The van der Waals surface area contributed by atoms with Gasteiger partial charge >= 0.3 is 12.1 Å². The van der Waals surface area contributed by atoms with Crippen LogP contribution < -0.4 is 10.6 Å². The first-order valence-electron chi connectivity index (χ1n) is 10.3. The van der Waals surface area contributed by atoms with Crippen molar-refractivity contribution in [3.63, 3.8) is 0 Å². The summed E-state index contributed by atoms with van der Waals surface area (Å²) in [5.41, 5.74) is 3.70. The van der Waals surface area contributed by atoms with Gasteiger partial charge in [0.05, 0.1) is 6.42 Å². The van der Waals surface area contributed by atoms with Crippen LogP contribution in [0.5, 0.6) is 0 Å². The SMILES string of the molecule is CC(CC(=O)NC(C)(C)CC(=O)O)NC(=O)OCC1c2ccccc2-c2ccccc21. The minimum absolute atomic E-state index is 0.0211. The number of amides is 2. The largest absolute Gasteiger partial charge is 0.481 e. The van der Waals surface area contributed by atoms with Gasteiger partial charge in [0.1, 0.15) is 6.61 Å². The number of alkyl carbamates (subject to hydrolysis) is 1. The van der Waals surface area contributed by atoms with Crippen molar-refractivity contribution < 1.29 is 24.2 Å². The number of benzene rings is 2. The Kier molecular flexibility index (Phi) is 6.63. The van der Waals surface area contributed by atoms with Crippen LogP contribution in [-0.4, -0.2) is 41.3 Å². The molecule has 0 fully saturated rings. The second-order valence-electron chi connectivity index (χ2n) is 8.58. The molecule has 0 spiro atoms. The minimum atomic E-state index is -0.991. The fourth-order valence-corrected chi connectivity index (χ4v) is 4.02. The van der Waals surface area contributed by atoms with Crippen molar-refractivity contribution in [2.24, 2.45) is 0 Å². The third kappa shape index (κ3) is 5.63. The molecular formula is C24H28N2O5. The lowest BCUT2D eigenvalue weighted by atomic mass is 9.98. The summed E-state index contributed by atoms with van der Waals surface area (Å²) in [4.78, 5) is 35.4. The molecule has 3 N–H and O–H groups in total. The van der Waals surface area contributed by atoms with E-state index in [1.807, 2.05) is 36.4 Å². The van der Waals surface area contributed by atoms with Crippen LogP contribution in [0.15, 0.2) is 48.5 Å². The van der Waals surface area contributed by atoms with Gasteiger partial charge in [-0.2, -0.15) is 0 Å². The van der Waals surface area contributed by atoms with E-state index in [0.717, 1.165) is 22.3 Å². The maximum Gasteiger partial charge on any atom is 0.407 e. The molecule has 0 bridgehead atoms. The molecule has 7 heteroatoms. The van der Waals surface area contributed by atoms with Crippen LogP contribution in [0, 0.1) is 0 Å². The Labute approximate surface area is 181 Å². The zero-order valence-corrected chi connectivity index (χ0v) is 18.0.